The summed E-state index contributed by atoms with van der Waals surface area (Å²) < 4.78 is 0. The molecular weight excluding hydrogens is 270 g/mol. The van der Waals surface area contributed by atoms with E-state index in [1.54, 1.807) is 23.9 Å². The SMILES string of the molecule is CSc1ccc(C(C)NCc2ccc(O)c(O)c2)cc1. The molecule has 0 fully saturated rings. The molecule has 0 radical (unpaired) electrons. The van der Waals surface area contributed by atoms with Crippen LogP contribution in [-0.4, -0.2) is 16.5 Å². The maximum atomic E-state index is 9.46. The number of hydrogen-bond donors (Lipinski definition) is 3. The molecule has 3 nitrogen and oxygen atoms in total. The Balaban J connectivity index is 1.96. The number of hydrogen-bond acceptors (Lipinski definition) is 4. The first-order valence-corrected chi connectivity index (χ1v) is 7.71. The minimum atomic E-state index is -0.0885. The Hall–Kier alpha value is -1.65. The summed E-state index contributed by atoms with van der Waals surface area (Å²) in [5, 5.41) is 22.1. The van der Waals surface area contributed by atoms with Crippen LogP contribution in [0.2, 0.25) is 0 Å². The fourth-order valence-corrected chi connectivity index (χ4v) is 2.37. The Morgan fingerprint density at radius 1 is 1.05 bits per heavy atom. The minimum absolute atomic E-state index is 0.0822. The van der Waals surface area contributed by atoms with Crippen LogP contribution in [0.25, 0.3) is 0 Å². The fraction of sp³-hybridized carbons (Fsp3) is 0.250. The molecule has 106 valence electrons. The molecular formula is C16H19NO2S. The van der Waals surface area contributed by atoms with Crippen LogP contribution in [0, 0.1) is 0 Å². The largest absolute Gasteiger partial charge is 0.504 e. The predicted octanol–water partition coefficient (Wildman–Crippen LogP) is 3.67. The van der Waals surface area contributed by atoms with Crippen LogP contribution in [0.4, 0.5) is 0 Å². The summed E-state index contributed by atoms with van der Waals surface area (Å²) in [6.07, 6.45) is 2.06. The van der Waals surface area contributed by atoms with Gasteiger partial charge in [0, 0.05) is 17.5 Å². The van der Waals surface area contributed by atoms with Gasteiger partial charge >= 0.3 is 0 Å². The van der Waals surface area contributed by atoms with E-state index < -0.39 is 0 Å². The summed E-state index contributed by atoms with van der Waals surface area (Å²) in [5.74, 6) is -0.171. The van der Waals surface area contributed by atoms with Gasteiger partial charge in [0.05, 0.1) is 0 Å². The van der Waals surface area contributed by atoms with Crippen molar-refractivity contribution in [1.82, 2.24) is 5.32 Å². The average Bonchev–Trinajstić information content (AvgIpc) is 2.48. The van der Waals surface area contributed by atoms with Crippen LogP contribution in [0.1, 0.15) is 24.1 Å². The van der Waals surface area contributed by atoms with Gasteiger partial charge in [-0.05, 0) is 48.6 Å². The van der Waals surface area contributed by atoms with Gasteiger partial charge in [0.1, 0.15) is 0 Å². The van der Waals surface area contributed by atoms with Gasteiger partial charge in [-0.2, -0.15) is 0 Å². The summed E-state index contributed by atoms with van der Waals surface area (Å²) in [6, 6.07) is 13.6. The van der Waals surface area contributed by atoms with E-state index in [2.05, 4.69) is 42.8 Å². The standard InChI is InChI=1S/C16H19NO2S/c1-11(13-4-6-14(20-2)7-5-13)17-10-12-3-8-15(18)16(19)9-12/h3-9,11,17-19H,10H2,1-2H3. The molecule has 2 aromatic rings. The number of aromatic hydroxyl groups is 2. The lowest BCUT2D eigenvalue weighted by Crippen LogP contribution is -2.17. The molecule has 2 aromatic carbocycles. The van der Waals surface area contributed by atoms with E-state index in [9.17, 15) is 10.2 Å². The molecule has 20 heavy (non-hydrogen) atoms. The van der Waals surface area contributed by atoms with Crippen molar-refractivity contribution in [3.05, 3.63) is 53.6 Å². The number of benzene rings is 2. The zero-order valence-electron chi connectivity index (χ0n) is 11.6. The van der Waals surface area contributed by atoms with Crippen molar-refractivity contribution in [3.63, 3.8) is 0 Å². The lowest BCUT2D eigenvalue weighted by atomic mass is 10.1. The Morgan fingerprint density at radius 2 is 1.75 bits per heavy atom. The lowest BCUT2D eigenvalue weighted by molar-refractivity contribution is 0.402. The van der Waals surface area contributed by atoms with E-state index in [-0.39, 0.29) is 17.5 Å². The third-order valence-electron chi connectivity index (χ3n) is 3.27. The Morgan fingerprint density at radius 3 is 2.35 bits per heavy atom. The van der Waals surface area contributed by atoms with Crippen molar-refractivity contribution in [2.24, 2.45) is 0 Å². The topological polar surface area (TPSA) is 52.5 Å². The molecule has 0 heterocycles. The van der Waals surface area contributed by atoms with E-state index in [0.717, 1.165) is 5.56 Å². The number of rotatable bonds is 5. The van der Waals surface area contributed by atoms with Crippen LogP contribution in [-0.2, 0) is 6.54 Å². The van der Waals surface area contributed by atoms with Gasteiger partial charge < -0.3 is 15.5 Å². The first-order valence-electron chi connectivity index (χ1n) is 6.48. The van der Waals surface area contributed by atoms with Crippen LogP contribution in [0.5, 0.6) is 11.5 Å². The highest BCUT2D eigenvalue weighted by atomic mass is 32.2. The maximum Gasteiger partial charge on any atom is 0.157 e. The van der Waals surface area contributed by atoms with Crippen molar-refractivity contribution in [3.8, 4) is 11.5 Å². The molecule has 4 heteroatoms. The van der Waals surface area contributed by atoms with Gasteiger partial charge in [-0.3, -0.25) is 0 Å². The number of phenols is 2. The van der Waals surface area contributed by atoms with Crippen molar-refractivity contribution < 1.29 is 10.2 Å². The molecule has 0 amide bonds. The predicted molar refractivity (Wildman–Crippen MR) is 83.2 cm³/mol. The zero-order valence-corrected chi connectivity index (χ0v) is 12.4. The van der Waals surface area contributed by atoms with Crippen molar-refractivity contribution in [1.29, 1.82) is 0 Å². The molecule has 0 aliphatic heterocycles. The van der Waals surface area contributed by atoms with E-state index >= 15 is 0 Å². The minimum Gasteiger partial charge on any atom is -0.504 e. The first kappa shape index (κ1) is 14.8. The Kier molecular flexibility index (Phi) is 4.93. The fourth-order valence-electron chi connectivity index (χ4n) is 1.96. The molecule has 0 aromatic heterocycles. The summed E-state index contributed by atoms with van der Waals surface area (Å²) in [5.41, 5.74) is 2.17. The highest BCUT2D eigenvalue weighted by Crippen LogP contribution is 2.25. The number of thioether (sulfide) groups is 1. The molecule has 0 bridgehead atoms. The number of nitrogens with one attached hydrogen (secondary N) is 1. The van der Waals surface area contributed by atoms with Crippen LogP contribution >= 0.6 is 11.8 Å². The number of phenolic OH excluding ortho intramolecular Hbond substituents is 2. The van der Waals surface area contributed by atoms with E-state index in [1.165, 1.54) is 16.5 Å². The highest BCUT2D eigenvalue weighted by Gasteiger charge is 2.06. The smallest absolute Gasteiger partial charge is 0.157 e. The third-order valence-corrected chi connectivity index (χ3v) is 4.01. The summed E-state index contributed by atoms with van der Waals surface area (Å²) >= 11 is 1.73. The van der Waals surface area contributed by atoms with Crippen LogP contribution in [0.15, 0.2) is 47.4 Å². The van der Waals surface area contributed by atoms with Crippen LogP contribution < -0.4 is 5.32 Å². The van der Waals surface area contributed by atoms with E-state index in [1.807, 2.05) is 0 Å². The molecule has 2 rings (SSSR count). The lowest BCUT2D eigenvalue weighted by Gasteiger charge is -2.15. The second-order valence-corrected chi connectivity index (χ2v) is 5.58. The summed E-state index contributed by atoms with van der Waals surface area (Å²) in [4.78, 5) is 1.25. The van der Waals surface area contributed by atoms with Crippen molar-refractivity contribution in [2.45, 2.75) is 24.4 Å². The normalized spacial score (nSPS) is 12.3. The molecule has 1 atom stereocenters. The first-order chi connectivity index (χ1) is 9.60. The second kappa shape index (κ2) is 6.68. The second-order valence-electron chi connectivity index (χ2n) is 4.70. The maximum absolute atomic E-state index is 9.46. The van der Waals surface area contributed by atoms with Crippen molar-refractivity contribution in [2.75, 3.05) is 6.26 Å². The molecule has 0 saturated carbocycles. The van der Waals surface area contributed by atoms with Gasteiger partial charge in [-0.1, -0.05) is 18.2 Å². The molecule has 1 unspecified atom stereocenters. The monoisotopic (exact) mass is 289 g/mol. The van der Waals surface area contributed by atoms with E-state index in [4.69, 9.17) is 0 Å². The average molecular weight is 289 g/mol. The van der Waals surface area contributed by atoms with Gasteiger partial charge in [0.2, 0.25) is 0 Å². The van der Waals surface area contributed by atoms with Gasteiger partial charge in [0.25, 0.3) is 0 Å². The quantitative estimate of drug-likeness (QED) is 0.580. The molecule has 3 N–H and O–H groups in total. The van der Waals surface area contributed by atoms with Gasteiger partial charge in [-0.15, -0.1) is 11.8 Å². The highest BCUT2D eigenvalue weighted by molar-refractivity contribution is 7.98. The Labute approximate surface area is 123 Å². The zero-order chi connectivity index (χ0) is 14.5. The molecule has 0 spiro atoms. The molecule has 0 saturated heterocycles. The van der Waals surface area contributed by atoms with Crippen LogP contribution in [0.3, 0.4) is 0 Å². The Bertz CT molecular complexity index is 569. The van der Waals surface area contributed by atoms with Crippen molar-refractivity contribution >= 4 is 11.8 Å². The third kappa shape index (κ3) is 3.68. The van der Waals surface area contributed by atoms with Gasteiger partial charge in [0.15, 0.2) is 11.5 Å². The molecule has 0 aliphatic rings. The van der Waals surface area contributed by atoms with Gasteiger partial charge in [-0.25, -0.2) is 0 Å². The molecule has 0 aliphatic carbocycles. The summed E-state index contributed by atoms with van der Waals surface area (Å²) in [7, 11) is 0. The van der Waals surface area contributed by atoms with E-state index in [0.29, 0.717) is 6.54 Å². The summed E-state index contributed by atoms with van der Waals surface area (Å²) in [6.45, 7) is 2.74.